The normalized spacial score (nSPS) is 11.1. The number of anilines is 1. The molecule has 4 heterocycles. The molecule has 0 aliphatic carbocycles. The van der Waals surface area contributed by atoms with E-state index in [4.69, 9.17) is 11.6 Å². The minimum atomic E-state index is -0.634. The van der Waals surface area contributed by atoms with Crippen LogP contribution >= 0.6 is 11.6 Å². The van der Waals surface area contributed by atoms with Crippen molar-refractivity contribution in [2.75, 3.05) is 5.32 Å². The number of aromatic amines is 1. The minimum absolute atomic E-state index is 0.0883. The van der Waals surface area contributed by atoms with Crippen molar-refractivity contribution in [1.29, 1.82) is 0 Å². The fourth-order valence-corrected chi connectivity index (χ4v) is 2.91. The van der Waals surface area contributed by atoms with E-state index in [-0.39, 0.29) is 17.9 Å². The molecule has 0 radical (unpaired) electrons. The molecule has 0 spiro atoms. The van der Waals surface area contributed by atoms with Crippen LogP contribution in [-0.4, -0.2) is 24.9 Å². The largest absolute Gasteiger partial charge is 0.366 e. The number of H-pyrrole nitrogens is 1. The van der Waals surface area contributed by atoms with E-state index in [9.17, 15) is 8.78 Å². The molecule has 4 aromatic rings. The predicted molar refractivity (Wildman–Crippen MR) is 97.4 cm³/mol. The molecule has 27 heavy (non-hydrogen) atoms. The second kappa shape index (κ2) is 7.24. The fourth-order valence-electron chi connectivity index (χ4n) is 2.73. The highest BCUT2D eigenvalue weighted by molar-refractivity contribution is 6.30. The Morgan fingerprint density at radius 3 is 2.78 bits per heavy atom. The van der Waals surface area contributed by atoms with Crippen LogP contribution in [0.2, 0.25) is 5.02 Å². The van der Waals surface area contributed by atoms with Crippen LogP contribution in [0.4, 0.5) is 14.6 Å². The number of hydrogen-bond donors (Lipinski definition) is 2. The van der Waals surface area contributed by atoms with Gasteiger partial charge in [-0.3, -0.25) is 0 Å². The fraction of sp³-hybridized carbons (Fsp3) is 0.111. The number of fused-ring (bicyclic) bond motifs is 1. The Morgan fingerprint density at radius 2 is 1.93 bits per heavy atom. The molecule has 0 aliphatic heterocycles. The highest BCUT2D eigenvalue weighted by Gasteiger charge is 2.11. The summed E-state index contributed by atoms with van der Waals surface area (Å²) in [4.78, 5) is 18.6. The average molecular weight is 387 g/mol. The Labute approximate surface area is 157 Å². The standard InChI is InChI=1S/C18H13ClF2N6/c19-13-4-12(16(20)24-7-13)6-23-15-2-1-10(17(21)27-15)3-11-5-25-18-14(11)8-22-9-26-18/h1-2,4-5,7-9H,3,6H2,(H,23,27)(H,22,25,26). The summed E-state index contributed by atoms with van der Waals surface area (Å²) in [7, 11) is 0. The van der Waals surface area contributed by atoms with E-state index >= 15 is 0 Å². The van der Waals surface area contributed by atoms with Gasteiger partial charge in [0.2, 0.25) is 11.9 Å². The van der Waals surface area contributed by atoms with Crippen molar-refractivity contribution in [1.82, 2.24) is 24.9 Å². The molecule has 6 nitrogen and oxygen atoms in total. The summed E-state index contributed by atoms with van der Waals surface area (Å²) < 4.78 is 28.0. The third-order valence-corrected chi connectivity index (χ3v) is 4.29. The van der Waals surface area contributed by atoms with Gasteiger partial charge in [0.05, 0.1) is 5.02 Å². The lowest BCUT2D eigenvalue weighted by Crippen LogP contribution is -2.06. The molecule has 0 saturated heterocycles. The van der Waals surface area contributed by atoms with Gasteiger partial charge >= 0.3 is 0 Å². The SMILES string of the molecule is Fc1ncc(Cl)cc1CNc1ccc(Cc2c[nH]c3ncncc23)c(F)n1. The summed E-state index contributed by atoms with van der Waals surface area (Å²) in [5, 5.41) is 4.03. The molecule has 0 aliphatic rings. The van der Waals surface area contributed by atoms with Crippen LogP contribution in [0.5, 0.6) is 0 Å². The van der Waals surface area contributed by atoms with E-state index < -0.39 is 11.9 Å². The number of hydrogen-bond acceptors (Lipinski definition) is 5. The van der Waals surface area contributed by atoms with Crippen molar-refractivity contribution in [3.8, 4) is 0 Å². The highest BCUT2D eigenvalue weighted by Crippen LogP contribution is 2.21. The first-order valence-corrected chi connectivity index (χ1v) is 8.43. The molecule has 4 rings (SSSR count). The van der Waals surface area contributed by atoms with Crippen molar-refractivity contribution < 1.29 is 8.78 Å². The molecular formula is C18H13ClF2N6. The molecule has 0 atom stereocenters. The zero-order chi connectivity index (χ0) is 18.8. The molecular weight excluding hydrogens is 374 g/mol. The third kappa shape index (κ3) is 3.70. The molecule has 9 heteroatoms. The van der Waals surface area contributed by atoms with E-state index in [1.165, 1.54) is 18.6 Å². The summed E-state index contributed by atoms with van der Waals surface area (Å²) in [5.74, 6) is -0.945. The Kier molecular flexibility index (Phi) is 4.64. The van der Waals surface area contributed by atoms with Crippen molar-refractivity contribution in [3.05, 3.63) is 76.7 Å². The van der Waals surface area contributed by atoms with Crippen LogP contribution in [0.25, 0.3) is 11.0 Å². The van der Waals surface area contributed by atoms with Gasteiger partial charge in [-0.1, -0.05) is 17.7 Å². The summed E-state index contributed by atoms with van der Waals surface area (Å²) in [6, 6.07) is 4.74. The molecule has 2 N–H and O–H groups in total. The number of nitrogens with zero attached hydrogens (tertiary/aromatic N) is 4. The lowest BCUT2D eigenvalue weighted by atomic mass is 10.1. The molecule has 0 unspecified atom stereocenters. The molecule has 0 saturated carbocycles. The molecule has 4 aromatic heterocycles. The quantitative estimate of drug-likeness (QED) is 0.509. The maximum atomic E-state index is 14.4. The molecule has 0 aromatic carbocycles. The average Bonchev–Trinajstić information content (AvgIpc) is 3.07. The summed E-state index contributed by atoms with van der Waals surface area (Å²) in [5.41, 5.74) is 2.27. The summed E-state index contributed by atoms with van der Waals surface area (Å²) in [6.07, 6.45) is 6.48. The van der Waals surface area contributed by atoms with Crippen LogP contribution in [-0.2, 0) is 13.0 Å². The first-order chi connectivity index (χ1) is 13.1. The van der Waals surface area contributed by atoms with Crippen LogP contribution < -0.4 is 5.32 Å². The third-order valence-electron chi connectivity index (χ3n) is 4.09. The number of pyridine rings is 2. The second-order valence-electron chi connectivity index (χ2n) is 5.88. The van der Waals surface area contributed by atoms with Crippen molar-refractivity contribution in [2.24, 2.45) is 0 Å². The number of rotatable bonds is 5. The first-order valence-electron chi connectivity index (χ1n) is 8.05. The van der Waals surface area contributed by atoms with Crippen LogP contribution in [0, 0.1) is 11.9 Å². The number of halogens is 3. The maximum absolute atomic E-state index is 14.4. The Bertz CT molecular complexity index is 1110. The van der Waals surface area contributed by atoms with Crippen molar-refractivity contribution in [3.63, 3.8) is 0 Å². The van der Waals surface area contributed by atoms with Gasteiger partial charge in [-0.25, -0.2) is 19.9 Å². The maximum Gasteiger partial charge on any atom is 0.218 e. The van der Waals surface area contributed by atoms with E-state index in [0.29, 0.717) is 22.7 Å². The van der Waals surface area contributed by atoms with Gasteiger partial charge in [-0.05, 0) is 17.7 Å². The Morgan fingerprint density at radius 1 is 1.04 bits per heavy atom. The van der Waals surface area contributed by atoms with Gasteiger partial charge in [0.25, 0.3) is 0 Å². The van der Waals surface area contributed by atoms with Crippen LogP contribution in [0.1, 0.15) is 16.7 Å². The van der Waals surface area contributed by atoms with E-state index in [1.807, 2.05) is 0 Å². The van der Waals surface area contributed by atoms with Gasteiger partial charge in [-0.15, -0.1) is 0 Å². The lowest BCUT2D eigenvalue weighted by molar-refractivity contribution is 0.566. The molecule has 0 bridgehead atoms. The van der Waals surface area contributed by atoms with E-state index in [0.717, 1.165) is 10.9 Å². The summed E-state index contributed by atoms with van der Waals surface area (Å²) in [6.45, 7) is 0.0883. The topological polar surface area (TPSA) is 79.4 Å². The molecule has 0 amide bonds. The van der Waals surface area contributed by atoms with Crippen LogP contribution in [0.15, 0.2) is 43.1 Å². The zero-order valence-electron chi connectivity index (χ0n) is 13.9. The molecule has 0 fully saturated rings. The van der Waals surface area contributed by atoms with E-state index in [2.05, 4.69) is 30.2 Å². The van der Waals surface area contributed by atoms with Crippen molar-refractivity contribution in [2.45, 2.75) is 13.0 Å². The van der Waals surface area contributed by atoms with Gasteiger partial charge in [-0.2, -0.15) is 8.78 Å². The zero-order valence-corrected chi connectivity index (χ0v) is 14.6. The van der Waals surface area contributed by atoms with Crippen molar-refractivity contribution >= 4 is 28.5 Å². The van der Waals surface area contributed by atoms with Gasteiger partial charge < -0.3 is 10.3 Å². The summed E-state index contributed by atoms with van der Waals surface area (Å²) >= 11 is 5.81. The van der Waals surface area contributed by atoms with Crippen LogP contribution in [0.3, 0.4) is 0 Å². The van der Waals surface area contributed by atoms with E-state index in [1.54, 1.807) is 24.5 Å². The highest BCUT2D eigenvalue weighted by atomic mass is 35.5. The number of nitrogens with one attached hydrogen (secondary N) is 2. The van der Waals surface area contributed by atoms with Gasteiger partial charge in [0.1, 0.15) is 17.8 Å². The Balaban J connectivity index is 1.50. The lowest BCUT2D eigenvalue weighted by Gasteiger charge is -2.08. The smallest absolute Gasteiger partial charge is 0.218 e. The minimum Gasteiger partial charge on any atom is -0.366 e. The van der Waals surface area contributed by atoms with Gasteiger partial charge in [0.15, 0.2) is 0 Å². The number of aromatic nitrogens is 5. The van der Waals surface area contributed by atoms with Gasteiger partial charge in [0, 0.05) is 48.1 Å². The molecule has 136 valence electrons. The predicted octanol–water partition coefficient (Wildman–Crippen LogP) is 3.88. The monoisotopic (exact) mass is 386 g/mol. The Hall–Kier alpha value is -3.13. The first kappa shape index (κ1) is 17.3. The second-order valence-corrected chi connectivity index (χ2v) is 6.32.